The van der Waals surface area contributed by atoms with E-state index in [4.69, 9.17) is 5.11 Å². The maximum absolute atomic E-state index is 8.80. The number of hydrogen-bond acceptors (Lipinski definition) is 5. The Morgan fingerprint density at radius 3 is 3.05 bits per heavy atom. The fraction of sp³-hybridized carbons (Fsp3) is 0.462. The summed E-state index contributed by atoms with van der Waals surface area (Å²) in [6.45, 7) is 4.04. The molecule has 0 saturated carbocycles. The maximum atomic E-state index is 8.80. The Morgan fingerprint density at radius 2 is 2.26 bits per heavy atom. The molecule has 0 aliphatic heterocycles. The number of nitrogens with zero attached hydrogens (tertiary/aromatic N) is 4. The van der Waals surface area contributed by atoms with Crippen molar-refractivity contribution >= 4 is 0 Å². The van der Waals surface area contributed by atoms with Crippen molar-refractivity contribution in [1.29, 1.82) is 0 Å². The van der Waals surface area contributed by atoms with Crippen LogP contribution in [0.5, 0.6) is 0 Å². The first-order valence-electron chi connectivity index (χ1n) is 6.46. The van der Waals surface area contributed by atoms with Gasteiger partial charge in [-0.1, -0.05) is 18.2 Å². The molecule has 2 aromatic rings. The number of aromatic nitrogens is 4. The fourth-order valence-corrected chi connectivity index (χ4v) is 1.89. The second kappa shape index (κ2) is 6.96. The largest absolute Gasteiger partial charge is 0.394 e. The fourth-order valence-electron chi connectivity index (χ4n) is 1.89. The molecule has 2 aromatic heterocycles. The first-order valence-corrected chi connectivity index (χ1v) is 6.46. The Hall–Kier alpha value is -1.79. The minimum absolute atomic E-state index is 0.0734. The van der Waals surface area contributed by atoms with Crippen LogP contribution in [0.4, 0.5) is 0 Å². The van der Waals surface area contributed by atoms with Crippen LogP contribution in [0.25, 0.3) is 0 Å². The number of rotatable bonds is 7. The molecule has 0 saturated heterocycles. The van der Waals surface area contributed by atoms with E-state index in [1.165, 1.54) is 5.56 Å². The van der Waals surface area contributed by atoms with Crippen molar-refractivity contribution in [2.24, 2.45) is 0 Å². The lowest BCUT2D eigenvalue weighted by atomic mass is 10.1. The molecule has 0 spiro atoms. The van der Waals surface area contributed by atoms with E-state index in [0.29, 0.717) is 13.1 Å². The molecular weight excluding hydrogens is 242 g/mol. The molecule has 2 heterocycles. The Bertz CT molecular complexity index is 511. The summed E-state index contributed by atoms with van der Waals surface area (Å²) < 4.78 is 1.63. The Kier molecular flexibility index (Phi) is 5.00. The van der Waals surface area contributed by atoms with Gasteiger partial charge in [0.1, 0.15) is 0 Å². The molecule has 2 N–H and O–H groups in total. The van der Waals surface area contributed by atoms with Crippen LogP contribution in [-0.4, -0.2) is 31.7 Å². The lowest BCUT2D eigenvalue weighted by molar-refractivity contribution is 0.268. The van der Waals surface area contributed by atoms with Gasteiger partial charge in [-0.15, -0.1) is 5.10 Å². The smallest absolute Gasteiger partial charge is 0.0964 e. The zero-order valence-electron chi connectivity index (χ0n) is 11.1. The van der Waals surface area contributed by atoms with Gasteiger partial charge in [-0.3, -0.25) is 4.98 Å². The van der Waals surface area contributed by atoms with E-state index in [-0.39, 0.29) is 6.61 Å². The van der Waals surface area contributed by atoms with Crippen molar-refractivity contribution in [1.82, 2.24) is 25.3 Å². The van der Waals surface area contributed by atoms with E-state index in [1.54, 1.807) is 4.68 Å². The zero-order valence-corrected chi connectivity index (χ0v) is 11.1. The van der Waals surface area contributed by atoms with Gasteiger partial charge in [-0.2, -0.15) is 0 Å². The Labute approximate surface area is 112 Å². The second-order valence-electron chi connectivity index (χ2n) is 4.26. The maximum Gasteiger partial charge on any atom is 0.0964 e. The van der Waals surface area contributed by atoms with E-state index in [9.17, 15) is 0 Å². The van der Waals surface area contributed by atoms with Gasteiger partial charge in [0.25, 0.3) is 0 Å². The van der Waals surface area contributed by atoms with Gasteiger partial charge in [-0.25, -0.2) is 4.68 Å². The third kappa shape index (κ3) is 3.84. The Balaban J connectivity index is 1.85. The highest BCUT2D eigenvalue weighted by molar-refractivity contribution is 5.19. The summed E-state index contributed by atoms with van der Waals surface area (Å²) in [5.41, 5.74) is 3.20. The number of aliphatic hydroxyl groups is 1. The lowest BCUT2D eigenvalue weighted by Gasteiger charge is -2.06. The third-order valence-electron chi connectivity index (χ3n) is 2.88. The van der Waals surface area contributed by atoms with Gasteiger partial charge in [0.15, 0.2) is 0 Å². The van der Waals surface area contributed by atoms with Gasteiger partial charge in [-0.05, 0) is 18.1 Å². The van der Waals surface area contributed by atoms with Crippen LogP contribution in [0.3, 0.4) is 0 Å². The van der Waals surface area contributed by atoms with Crippen molar-refractivity contribution in [2.75, 3.05) is 6.61 Å². The molecule has 6 heteroatoms. The summed E-state index contributed by atoms with van der Waals surface area (Å²) in [4.78, 5) is 4.38. The Morgan fingerprint density at radius 1 is 1.37 bits per heavy atom. The van der Waals surface area contributed by atoms with E-state index in [2.05, 4.69) is 33.6 Å². The van der Waals surface area contributed by atoms with Crippen molar-refractivity contribution in [3.63, 3.8) is 0 Å². The second-order valence-corrected chi connectivity index (χ2v) is 4.26. The van der Waals surface area contributed by atoms with Crippen LogP contribution in [0.15, 0.2) is 24.5 Å². The summed E-state index contributed by atoms with van der Waals surface area (Å²) in [5.74, 6) is 0. The highest BCUT2D eigenvalue weighted by Crippen LogP contribution is 2.05. The summed E-state index contributed by atoms with van der Waals surface area (Å²) in [5, 5.41) is 20.1. The number of aliphatic hydroxyl groups excluding tert-OH is 1. The average molecular weight is 261 g/mol. The molecule has 6 nitrogen and oxygen atoms in total. The highest BCUT2D eigenvalue weighted by Gasteiger charge is 2.03. The van der Waals surface area contributed by atoms with E-state index in [0.717, 1.165) is 24.4 Å². The standard InChI is InChI=1S/C13H19N5O/c1-2-11-4-3-5-15-13(11)9-14-8-12-10-18(6-7-19)17-16-12/h3-5,10,14,19H,2,6-9H2,1H3. The first kappa shape index (κ1) is 13.6. The molecular formula is C13H19N5O. The van der Waals surface area contributed by atoms with Gasteiger partial charge < -0.3 is 10.4 Å². The SMILES string of the molecule is CCc1cccnc1CNCc1cn(CCO)nn1. The van der Waals surface area contributed by atoms with Crippen LogP contribution in [0.1, 0.15) is 23.9 Å². The summed E-state index contributed by atoms with van der Waals surface area (Å²) in [6.07, 6.45) is 4.63. The molecule has 19 heavy (non-hydrogen) atoms. The molecule has 0 bridgehead atoms. The molecule has 0 aromatic carbocycles. The normalized spacial score (nSPS) is 10.8. The molecule has 0 atom stereocenters. The topological polar surface area (TPSA) is 75.9 Å². The highest BCUT2D eigenvalue weighted by atomic mass is 16.3. The molecule has 0 aliphatic carbocycles. The van der Waals surface area contributed by atoms with Crippen molar-refractivity contribution in [3.8, 4) is 0 Å². The van der Waals surface area contributed by atoms with Gasteiger partial charge in [0.2, 0.25) is 0 Å². The third-order valence-corrected chi connectivity index (χ3v) is 2.88. The summed E-state index contributed by atoms with van der Waals surface area (Å²) in [7, 11) is 0. The van der Waals surface area contributed by atoms with Crippen molar-refractivity contribution in [2.45, 2.75) is 33.0 Å². The molecule has 0 fully saturated rings. The number of pyridine rings is 1. The van der Waals surface area contributed by atoms with Crippen LogP contribution >= 0.6 is 0 Å². The summed E-state index contributed by atoms with van der Waals surface area (Å²) >= 11 is 0. The zero-order chi connectivity index (χ0) is 13.5. The van der Waals surface area contributed by atoms with Gasteiger partial charge in [0, 0.05) is 25.5 Å². The number of hydrogen-bond donors (Lipinski definition) is 2. The molecule has 0 radical (unpaired) electrons. The lowest BCUT2D eigenvalue weighted by Crippen LogP contribution is -2.15. The first-order chi connectivity index (χ1) is 9.33. The minimum Gasteiger partial charge on any atom is -0.394 e. The molecule has 0 aliphatic rings. The van der Waals surface area contributed by atoms with Crippen molar-refractivity contribution < 1.29 is 5.11 Å². The molecule has 2 rings (SSSR count). The monoisotopic (exact) mass is 261 g/mol. The quantitative estimate of drug-likeness (QED) is 0.760. The van der Waals surface area contributed by atoms with Crippen LogP contribution < -0.4 is 5.32 Å². The van der Waals surface area contributed by atoms with Gasteiger partial charge >= 0.3 is 0 Å². The molecule has 0 unspecified atom stereocenters. The van der Waals surface area contributed by atoms with E-state index >= 15 is 0 Å². The van der Waals surface area contributed by atoms with E-state index < -0.39 is 0 Å². The summed E-state index contributed by atoms with van der Waals surface area (Å²) in [6, 6.07) is 4.06. The van der Waals surface area contributed by atoms with Crippen molar-refractivity contribution in [3.05, 3.63) is 41.5 Å². The average Bonchev–Trinajstić information content (AvgIpc) is 2.87. The molecule has 102 valence electrons. The van der Waals surface area contributed by atoms with Crippen LogP contribution in [0.2, 0.25) is 0 Å². The van der Waals surface area contributed by atoms with Crippen LogP contribution in [0, 0.1) is 0 Å². The number of aryl methyl sites for hydroxylation is 1. The predicted molar refractivity (Wildman–Crippen MR) is 71.3 cm³/mol. The minimum atomic E-state index is 0.0734. The molecule has 0 amide bonds. The van der Waals surface area contributed by atoms with E-state index in [1.807, 2.05) is 18.5 Å². The van der Waals surface area contributed by atoms with Crippen LogP contribution in [-0.2, 0) is 26.1 Å². The van der Waals surface area contributed by atoms with Gasteiger partial charge in [0.05, 0.1) is 24.5 Å². The number of nitrogens with one attached hydrogen (secondary N) is 1. The predicted octanol–water partition coefficient (Wildman–Crippen LogP) is 0.518.